The van der Waals surface area contributed by atoms with Crippen LogP contribution in [0.1, 0.15) is 35.7 Å². The molecule has 2 rings (SSSR count). The Bertz CT molecular complexity index is 552. The highest BCUT2D eigenvalue weighted by atomic mass is 35.5. The number of para-hydroxylation sites is 1. The number of aryl methyl sites for hydroxylation is 1. The second kappa shape index (κ2) is 6.43. The van der Waals surface area contributed by atoms with Gasteiger partial charge in [-0.15, -0.1) is 11.6 Å². The molecule has 5 nitrogen and oxygen atoms in total. The van der Waals surface area contributed by atoms with Crippen molar-refractivity contribution in [3.63, 3.8) is 0 Å². The normalized spacial score (nSPS) is 17.6. The maximum atomic E-state index is 12.5. The van der Waals surface area contributed by atoms with E-state index >= 15 is 0 Å². The van der Waals surface area contributed by atoms with Gasteiger partial charge in [-0.05, 0) is 38.7 Å². The highest BCUT2D eigenvalue weighted by Crippen LogP contribution is 2.28. The van der Waals surface area contributed by atoms with E-state index in [9.17, 15) is 14.9 Å². The molecule has 0 aliphatic carbocycles. The number of likely N-dealkylation sites (tertiary alicyclic amines) is 1. The summed E-state index contributed by atoms with van der Waals surface area (Å²) in [6.45, 7) is 4.82. The van der Waals surface area contributed by atoms with Gasteiger partial charge in [-0.25, -0.2) is 0 Å². The van der Waals surface area contributed by atoms with Crippen molar-refractivity contribution in [1.29, 1.82) is 0 Å². The van der Waals surface area contributed by atoms with E-state index in [2.05, 4.69) is 0 Å². The molecule has 1 aliphatic heterocycles. The molecule has 0 saturated carbocycles. The molecule has 1 amide bonds. The van der Waals surface area contributed by atoms with Crippen LogP contribution in [0.3, 0.4) is 0 Å². The third kappa shape index (κ3) is 3.35. The van der Waals surface area contributed by atoms with Crippen molar-refractivity contribution in [3.8, 4) is 0 Å². The van der Waals surface area contributed by atoms with Crippen LogP contribution in [0.5, 0.6) is 0 Å². The van der Waals surface area contributed by atoms with Gasteiger partial charge in [0.1, 0.15) is 5.56 Å². The molecular formula is C15H19ClN2O3. The van der Waals surface area contributed by atoms with Gasteiger partial charge in [0.15, 0.2) is 0 Å². The van der Waals surface area contributed by atoms with Gasteiger partial charge in [0.2, 0.25) is 0 Å². The maximum Gasteiger partial charge on any atom is 0.285 e. The Labute approximate surface area is 129 Å². The van der Waals surface area contributed by atoms with Crippen LogP contribution in [0.15, 0.2) is 18.2 Å². The number of carbonyl (C=O) groups is 1. The number of piperidine rings is 1. The largest absolute Gasteiger partial charge is 0.338 e. The topological polar surface area (TPSA) is 63.5 Å². The summed E-state index contributed by atoms with van der Waals surface area (Å²) in [7, 11) is 0. The monoisotopic (exact) mass is 310 g/mol. The van der Waals surface area contributed by atoms with Crippen LogP contribution in [-0.4, -0.2) is 34.2 Å². The minimum absolute atomic E-state index is 0.0877. The zero-order valence-corrected chi connectivity index (χ0v) is 13.0. The SMILES string of the molecule is Cc1cccc(C(=O)N2CCC(C(C)Cl)CC2)c1[N+](=O)[O-]. The molecule has 1 aliphatic rings. The number of carbonyl (C=O) groups excluding carboxylic acids is 1. The fraction of sp³-hybridized carbons (Fsp3) is 0.533. The molecule has 0 spiro atoms. The lowest BCUT2D eigenvalue weighted by molar-refractivity contribution is -0.385. The maximum absolute atomic E-state index is 12.5. The quantitative estimate of drug-likeness (QED) is 0.488. The Morgan fingerprint density at radius 2 is 2.05 bits per heavy atom. The third-order valence-corrected chi connectivity index (χ3v) is 4.48. The Hall–Kier alpha value is -1.62. The molecule has 0 aromatic heterocycles. The van der Waals surface area contributed by atoms with Crippen molar-refractivity contribution in [2.45, 2.75) is 32.1 Å². The van der Waals surface area contributed by atoms with E-state index in [1.54, 1.807) is 24.0 Å². The molecule has 0 radical (unpaired) electrons. The summed E-state index contributed by atoms with van der Waals surface area (Å²) in [6, 6.07) is 4.86. The van der Waals surface area contributed by atoms with Crippen molar-refractivity contribution in [1.82, 2.24) is 4.90 Å². The lowest BCUT2D eigenvalue weighted by Crippen LogP contribution is -2.40. The Morgan fingerprint density at radius 3 is 2.57 bits per heavy atom. The summed E-state index contributed by atoms with van der Waals surface area (Å²) >= 11 is 6.10. The molecule has 1 atom stereocenters. The van der Waals surface area contributed by atoms with Crippen LogP contribution >= 0.6 is 11.6 Å². The van der Waals surface area contributed by atoms with E-state index in [0.717, 1.165) is 12.8 Å². The fourth-order valence-electron chi connectivity index (χ4n) is 2.81. The number of alkyl halides is 1. The van der Waals surface area contributed by atoms with Crippen LogP contribution in [0, 0.1) is 23.0 Å². The molecule has 114 valence electrons. The lowest BCUT2D eigenvalue weighted by atomic mass is 9.93. The number of nitrogens with zero attached hydrogens (tertiary/aromatic N) is 2. The number of benzene rings is 1. The number of halogens is 1. The predicted octanol–water partition coefficient (Wildman–Crippen LogP) is 3.38. The van der Waals surface area contributed by atoms with Crippen molar-refractivity contribution < 1.29 is 9.72 Å². The minimum Gasteiger partial charge on any atom is -0.338 e. The predicted molar refractivity (Wildman–Crippen MR) is 81.8 cm³/mol. The van der Waals surface area contributed by atoms with Gasteiger partial charge in [0.25, 0.3) is 11.6 Å². The number of rotatable bonds is 3. The first-order chi connectivity index (χ1) is 9.91. The van der Waals surface area contributed by atoms with Gasteiger partial charge in [-0.3, -0.25) is 14.9 Å². The molecule has 1 fully saturated rings. The Morgan fingerprint density at radius 1 is 1.43 bits per heavy atom. The number of hydrogen-bond acceptors (Lipinski definition) is 3. The van der Waals surface area contributed by atoms with Crippen molar-refractivity contribution in [3.05, 3.63) is 39.4 Å². The number of hydrogen-bond donors (Lipinski definition) is 0. The summed E-state index contributed by atoms with van der Waals surface area (Å²) < 4.78 is 0. The smallest absolute Gasteiger partial charge is 0.285 e. The standard InChI is InChI=1S/C15H19ClN2O3/c1-10-4-3-5-13(14(10)18(20)21)15(19)17-8-6-12(7-9-17)11(2)16/h3-5,11-12H,6-9H2,1-2H3. The molecule has 6 heteroatoms. The molecule has 21 heavy (non-hydrogen) atoms. The molecule has 0 N–H and O–H groups in total. The highest BCUT2D eigenvalue weighted by molar-refractivity contribution is 6.20. The first kappa shape index (κ1) is 15.8. The van der Waals surface area contributed by atoms with Crippen molar-refractivity contribution >= 4 is 23.2 Å². The molecule has 1 saturated heterocycles. The first-order valence-corrected chi connectivity index (χ1v) is 7.52. The third-order valence-electron chi connectivity index (χ3n) is 4.13. The van der Waals surface area contributed by atoms with Crippen LogP contribution in [-0.2, 0) is 0 Å². The van der Waals surface area contributed by atoms with Gasteiger partial charge in [-0.2, -0.15) is 0 Å². The number of amides is 1. The Balaban J connectivity index is 2.19. The van der Waals surface area contributed by atoms with E-state index in [1.807, 2.05) is 6.92 Å². The van der Waals surface area contributed by atoms with E-state index in [-0.39, 0.29) is 22.5 Å². The summed E-state index contributed by atoms with van der Waals surface area (Å²) in [5.74, 6) is 0.147. The van der Waals surface area contributed by atoms with Crippen LogP contribution in [0.4, 0.5) is 5.69 Å². The molecule has 1 aromatic carbocycles. The molecule has 1 unspecified atom stereocenters. The zero-order chi connectivity index (χ0) is 15.6. The molecule has 1 heterocycles. The molecule has 1 aromatic rings. The van der Waals surface area contributed by atoms with Crippen LogP contribution < -0.4 is 0 Å². The van der Waals surface area contributed by atoms with E-state index in [4.69, 9.17) is 11.6 Å². The minimum atomic E-state index is -0.476. The average molecular weight is 311 g/mol. The van der Waals surface area contributed by atoms with Gasteiger partial charge in [0, 0.05) is 24.0 Å². The highest BCUT2D eigenvalue weighted by Gasteiger charge is 2.30. The summed E-state index contributed by atoms with van der Waals surface area (Å²) in [5.41, 5.74) is 0.600. The summed E-state index contributed by atoms with van der Waals surface area (Å²) in [6.07, 6.45) is 1.69. The molecule has 0 bridgehead atoms. The number of nitro groups is 1. The van der Waals surface area contributed by atoms with Crippen LogP contribution in [0.25, 0.3) is 0 Å². The van der Waals surface area contributed by atoms with E-state index < -0.39 is 4.92 Å². The summed E-state index contributed by atoms with van der Waals surface area (Å²) in [5, 5.41) is 11.3. The zero-order valence-electron chi connectivity index (χ0n) is 12.2. The summed E-state index contributed by atoms with van der Waals surface area (Å²) in [4.78, 5) is 24.9. The van der Waals surface area contributed by atoms with Crippen molar-refractivity contribution in [2.24, 2.45) is 5.92 Å². The Kier molecular flexibility index (Phi) is 4.83. The molecular weight excluding hydrogens is 292 g/mol. The number of nitro benzene ring substituents is 1. The van der Waals surface area contributed by atoms with Gasteiger partial charge in [0.05, 0.1) is 4.92 Å². The van der Waals surface area contributed by atoms with Gasteiger partial charge in [-0.1, -0.05) is 12.1 Å². The van der Waals surface area contributed by atoms with Gasteiger partial charge < -0.3 is 4.90 Å². The fourth-order valence-corrected chi connectivity index (χ4v) is 3.06. The van der Waals surface area contributed by atoms with E-state index in [1.165, 1.54) is 6.07 Å². The van der Waals surface area contributed by atoms with Crippen LogP contribution in [0.2, 0.25) is 0 Å². The van der Waals surface area contributed by atoms with E-state index in [0.29, 0.717) is 24.6 Å². The average Bonchev–Trinajstić information content (AvgIpc) is 2.46. The second-order valence-corrected chi connectivity index (χ2v) is 6.22. The van der Waals surface area contributed by atoms with Crippen molar-refractivity contribution in [2.75, 3.05) is 13.1 Å². The first-order valence-electron chi connectivity index (χ1n) is 7.09. The van der Waals surface area contributed by atoms with Gasteiger partial charge >= 0.3 is 0 Å². The lowest BCUT2D eigenvalue weighted by Gasteiger charge is -2.33. The second-order valence-electron chi connectivity index (χ2n) is 5.54.